The zero-order chi connectivity index (χ0) is 18.4. The van der Waals surface area contributed by atoms with Crippen LogP contribution in [0.4, 0.5) is 0 Å². The van der Waals surface area contributed by atoms with Crippen molar-refractivity contribution in [2.75, 3.05) is 27.7 Å². The van der Waals surface area contributed by atoms with Gasteiger partial charge in [-0.05, 0) is 26.2 Å². The Bertz CT molecular complexity index is 458. The number of hydrogen-bond acceptors (Lipinski definition) is 4. The average molecular weight is 337 g/mol. The average Bonchev–Trinajstić information content (AvgIpc) is 2.42. The number of carbonyl (C=O) groups excluding carboxylic acids is 2. The summed E-state index contributed by atoms with van der Waals surface area (Å²) >= 11 is 0. The second kappa shape index (κ2) is 12.5. The molecule has 24 heavy (non-hydrogen) atoms. The first-order valence-corrected chi connectivity index (χ1v) is 8.35. The van der Waals surface area contributed by atoms with E-state index in [9.17, 15) is 14.7 Å². The molecular formula is C19H31NO4. The van der Waals surface area contributed by atoms with Crippen LogP contribution in [0.25, 0.3) is 0 Å². The Morgan fingerprint density at radius 3 is 2.17 bits per heavy atom. The number of likely N-dealkylation sites (N-methyl/N-ethyl adjacent to an activating group) is 1. The van der Waals surface area contributed by atoms with Crippen molar-refractivity contribution in [3.63, 3.8) is 0 Å². The number of esters is 1. The van der Waals surface area contributed by atoms with Gasteiger partial charge in [-0.15, -0.1) is 0 Å². The van der Waals surface area contributed by atoms with Crippen LogP contribution in [-0.4, -0.2) is 50.2 Å². The van der Waals surface area contributed by atoms with Crippen LogP contribution in [0.1, 0.15) is 39.0 Å². The van der Waals surface area contributed by atoms with Crippen LogP contribution in [0.2, 0.25) is 0 Å². The van der Waals surface area contributed by atoms with E-state index >= 15 is 0 Å². The van der Waals surface area contributed by atoms with E-state index in [1.54, 1.807) is 0 Å². The Hall–Kier alpha value is -1.88. The minimum absolute atomic E-state index is 0.249. The molecule has 0 aromatic carbocycles. The van der Waals surface area contributed by atoms with Gasteiger partial charge < -0.3 is 19.1 Å². The number of ether oxygens (including phenoxy) is 1. The van der Waals surface area contributed by atoms with Crippen molar-refractivity contribution in [3.05, 3.63) is 36.5 Å². The van der Waals surface area contributed by atoms with Crippen molar-refractivity contribution in [1.82, 2.24) is 0 Å². The summed E-state index contributed by atoms with van der Waals surface area (Å²) in [6.07, 6.45) is 13.9. The van der Waals surface area contributed by atoms with Crippen LogP contribution in [0.15, 0.2) is 36.5 Å². The van der Waals surface area contributed by atoms with E-state index in [2.05, 4.69) is 18.2 Å². The van der Waals surface area contributed by atoms with Crippen molar-refractivity contribution in [2.24, 2.45) is 0 Å². The molecule has 5 nitrogen and oxygen atoms in total. The number of allylic oxidation sites excluding steroid dienone is 6. The van der Waals surface area contributed by atoms with E-state index in [1.165, 1.54) is 0 Å². The van der Waals surface area contributed by atoms with Crippen LogP contribution in [0.5, 0.6) is 0 Å². The first-order valence-electron chi connectivity index (χ1n) is 8.35. The van der Waals surface area contributed by atoms with E-state index in [0.29, 0.717) is 17.4 Å². The van der Waals surface area contributed by atoms with E-state index in [4.69, 9.17) is 4.74 Å². The van der Waals surface area contributed by atoms with Gasteiger partial charge in [0.15, 0.2) is 6.10 Å². The zero-order valence-electron chi connectivity index (χ0n) is 15.4. The smallest absolute Gasteiger partial charge is 0.306 e. The molecule has 0 bridgehead atoms. The molecule has 0 aliphatic heterocycles. The fourth-order valence-corrected chi connectivity index (χ4v) is 2.09. The highest BCUT2D eigenvalue weighted by Crippen LogP contribution is 2.07. The third kappa shape index (κ3) is 15.0. The van der Waals surface area contributed by atoms with E-state index < -0.39 is 12.1 Å². The van der Waals surface area contributed by atoms with Gasteiger partial charge in [0.1, 0.15) is 6.54 Å². The van der Waals surface area contributed by atoms with Gasteiger partial charge in [-0.3, -0.25) is 4.79 Å². The van der Waals surface area contributed by atoms with Gasteiger partial charge in [0.25, 0.3) is 0 Å². The third-order valence-corrected chi connectivity index (χ3v) is 3.07. The standard InChI is InChI=1S/C19H31NO4/c1-5-6-7-8-9-10-11-12-13-14-19(23)24-17(15-18(21)22)16-20(2,3)4/h5-6,8-9,11-12,17H,7,10,13-16H2,1-4H3/b6-5+,9-8+,12-11+. The molecule has 0 aromatic rings. The quantitative estimate of drug-likeness (QED) is 0.310. The minimum atomic E-state index is -1.20. The number of carboxylic acids is 1. The highest BCUT2D eigenvalue weighted by Gasteiger charge is 2.22. The largest absolute Gasteiger partial charge is 0.550 e. The summed E-state index contributed by atoms with van der Waals surface area (Å²) in [6, 6.07) is 0. The van der Waals surface area contributed by atoms with Gasteiger partial charge in [0.05, 0.1) is 21.1 Å². The first-order chi connectivity index (χ1) is 11.2. The zero-order valence-corrected chi connectivity index (χ0v) is 15.4. The molecule has 0 saturated heterocycles. The molecule has 0 amide bonds. The number of hydrogen-bond donors (Lipinski definition) is 0. The van der Waals surface area contributed by atoms with Crippen molar-refractivity contribution < 1.29 is 23.9 Å². The number of carbonyl (C=O) groups is 2. The Morgan fingerprint density at radius 2 is 1.62 bits per heavy atom. The third-order valence-electron chi connectivity index (χ3n) is 3.07. The maximum atomic E-state index is 11.8. The number of carboxylic acid groups (broad SMARTS) is 1. The van der Waals surface area contributed by atoms with E-state index in [0.717, 1.165) is 12.8 Å². The maximum Gasteiger partial charge on any atom is 0.306 e. The highest BCUT2D eigenvalue weighted by molar-refractivity contribution is 5.71. The molecule has 0 radical (unpaired) electrons. The Kier molecular flexibility index (Phi) is 11.5. The molecular weight excluding hydrogens is 306 g/mol. The van der Waals surface area contributed by atoms with Gasteiger partial charge in [-0.1, -0.05) is 36.5 Å². The van der Waals surface area contributed by atoms with E-state index in [1.807, 2.05) is 46.3 Å². The predicted octanol–water partition coefficient (Wildman–Crippen LogP) is 1.99. The molecule has 5 heteroatoms. The molecule has 0 aliphatic rings. The number of quaternary nitrogens is 1. The van der Waals surface area contributed by atoms with Crippen LogP contribution in [0, 0.1) is 0 Å². The van der Waals surface area contributed by atoms with Crippen LogP contribution >= 0.6 is 0 Å². The van der Waals surface area contributed by atoms with Crippen LogP contribution in [0.3, 0.4) is 0 Å². The Morgan fingerprint density at radius 1 is 1.04 bits per heavy atom. The molecule has 0 heterocycles. The van der Waals surface area contributed by atoms with Crippen molar-refractivity contribution >= 4 is 11.9 Å². The molecule has 0 fully saturated rings. The first kappa shape index (κ1) is 22.1. The second-order valence-corrected chi connectivity index (χ2v) is 6.68. The van der Waals surface area contributed by atoms with E-state index in [-0.39, 0.29) is 18.8 Å². The minimum Gasteiger partial charge on any atom is -0.550 e. The molecule has 1 unspecified atom stereocenters. The molecule has 0 N–H and O–H groups in total. The Balaban J connectivity index is 4.11. The fraction of sp³-hybridized carbons (Fsp3) is 0.579. The van der Waals surface area contributed by atoms with Gasteiger partial charge >= 0.3 is 5.97 Å². The van der Waals surface area contributed by atoms with Gasteiger partial charge in [-0.2, -0.15) is 0 Å². The molecule has 136 valence electrons. The van der Waals surface area contributed by atoms with Gasteiger partial charge in [0.2, 0.25) is 0 Å². The van der Waals surface area contributed by atoms with Gasteiger partial charge in [0, 0.05) is 18.8 Å². The molecule has 0 spiro atoms. The lowest BCUT2D eigenvalue weighted by molar-refractivity contribution is -0.873. The Labute approximate surface area is 145 Å². The van der Waals surface area contributed by atoms with Crippen molar-refractivity contribution in [3.8, 4) is 0 Å². The van der Waals surface area contributed by atoms with Gasteiger partial charge in [-0.25, -0.2) is 0 Å². The van der Waals surface area contributed by atoms with Crippen molar-refractivity contribution in [2.45, 2.75) is 45.1 Å². The monoisotopic (exact) mass is 337 g/mol. The normalized spacial score (nSPS) is 13.8. The van der Waals surface area contributed by atoms with Crippen LogP contribution < -0.4 is 5.11 Å². The fourth-order valence-electron chi connectivity index (χ4n) is 2.09. The summed E-state index contributed by atoms with van der Waals surface area (Å²) in [4.78, 5) is 22.6. The highest BCUT2D eigenvalue weighted by atomic mass is 16.5. The lowest BCUT2D eigenvalue weighted by atomic mass is 10.2. The SMILES string of the molecule is C/C=C/C/C=C/C/C=C/CCC(=O)OC(CC(=O)[O-])C[N+](C)(C)C. The summed E-state index contributed by atoms with van der Waals surface area (Å²) in [5.74, 6) is -1.58. The summed E-state index contributed by atoms with van der Waals surface area (Å²) in [6.45, 7) is 2.43. The molecule has 0 rings (SSSR count). The van der Waals surface area contributed by atoms with Crippen LogP contribution in [-0.2, 0) is 14.3 Å². The summed E-state index contributed by atoms with van der Waals surface area (Å²) in [5.41, 5.74) is 0. The predicted molar refractivity (Wildman–Crippen MR) is 94.0 cm³/mol. The summed E-state index contributed by atoms with van der Waals surface area (Å²) in [7, 11) is 5.76. The molecule has 0 aliphatic carbocycles. The lowest BCUT2D eigenvalue weighted by Crippen LogP contribution is -2.45. The number of aliphatic carboxylic acids is 1. The number of rotatable bonds is 12. The molecule has 1 atom stereocenters. The van der Waals surface area contributed by atoms with Crippen molar-refractivity contribution in [1.29, 1.82) is 0 Å². The maximum absolute atomic E-state index is 11.8. The molecule has 0 aromatic heterocycles. The number of nitrogens with zero attached hydrogens (tertiary/aromatic N) is 1. The summed E-state index contributed by atoms with van der Waals surface area (Å²) < 4.78 is 5.80. The topological polar surface area (TPSA) is 66.4 Å². The molecule has 0 saturated carbocycles. The summed E-state index contributed by atoms with van der Waals surface area (Å²) in [5, 5.41) is 10.8. The second-order valence-electron chi connectivity index (χ2n) is 6.68. The lowest BCUT2D eigenvalue weighted by Gasteiger charge is -2.29.